The average molecular weight is 309 g/mol. The second-order valence-corrected chi connectivity index (χ2v) is 4.87. The summed E-state index contributed by atoms with van der Waals surface area (Å²) in [5.41, 5.74) is -1.86. The fourth-order valence-electron chi connectivity index (χ4n) is 1.67. The molecule has 1 unspecified atom stereocenters. The van der Waals surface area contributed by atoms with Crippen molar-refractivity contribution in [1.29, 1.82) is 0 Å². The normalized spacial score (nSPS) is 32.9. The number of nitrogens with one attached hydrogen (secondary N) is 1. The van der Waals surface area contributed by atoms with Gasteiger partial charge in [0.2, 0.25) is 5.82 Å². The number of aromatic nitrogens is 2. The van der Waals surface area contributed by atoms with Crippen molar-refractivity contribution in [2.24, 2.45) is 0 Å². The number of halogens is 2. The number of aliphatic hydroxyl groups excluding tert-OH is 1. The van der Waals surface area contributed by atoms with E-state index in [9.17, 15) is 19.1 Å². The Kier molecular flexibility index (Phi) is 3.19. The van der Waals surface area contributed by atoms with Gasteiger partial charge in [-0.15, -0.1) is 0 Å². The summed E-state index contributed by atoms with van der Waals surface area (Å²) in [5.74, 6) is -1.08. The Bertz CT molecular complexity index is 543. The standard InChI is InChI=1S/C9H10BrFN2O4/c1-3-6(14)5(10)8(17-3)13-2-4(11)7(15)12-9(13)16/h2-3,5-6,8,14H,1H3,(H,12,15,16)/t3?,5-,6+,8+/m0/s1. The largest absolute Gasteiger partial charge is 0.389 e. The number of hydrogen-bond donors (Lipinski definition) is 2. The molecule has 2 N–H and O–H groups in total. The minimum atomic E-state index is -1.08. The molecule has 0 aliphatic carbocycles. The van der Waals surface area contributed by atoms with Crippen LogP contribution in [0, 0.1) is 5.82 Å². The number of aromatic amines is 1. The van der Waals surface area contributed by atoms with Crippen molar-refractivity contribution < 1.29 is 14.2 Å². The summed E-state index contributed by atoms with van der Waals surface area (Å²) in [5, 5.41) is 9.66. The molecule has 1 fully saturated rings. The maximum atomic E-state index is 13.1. The Morgan fingerprint density at radius 3 is 2.76 bits per heavy atom. The zero-order valence-electron chi connectivity index (χ0n) is 8.76. The van der Waals surface area contributed by atoms with Crippen LogP contribution in [0.4, 0.5) is 4.39 Å². The van der Waals surface area contributed by atoms with Crippen LogP contribution in [0.2, 0.25) is 0 Å². The van der Waals surface area contributed by atoms with Gasteiger partial charge in [-0.25, -0.2) is 4.79 Å². The molecule has 1 aromatic heterocycles. The molecule has 2 rings (SSSR count). The SMILES string of the molecule is CC1O[C@@H](n2cc(F)c(=O)[nH]c2=O)[C@@H](Br)[C@@H]1O. The number of hydrogen-bond acceptors (Lipinski definition) is 4. The highest BCUT2D eigenvalue weighted by Gasteiger charge is 2.41. The van der Waals surface area contributed by atoms with Crippen LogP contribution >= 0.6 is 15.9 Å². The van der Waals surface area contributed by atoms with Gasteiger partial charge in [-0.3, -0.25) is 14.3 Å². The van der Waals surface area contributed by atoms with Crippen molar-refractivity contribution in [2.75, 3.05) is 0 Å². The third kappa shape index (κ3) is 2.07. The van der Waals surface area contributed by atoms with Gasteiger partial charge in [0.15, 0.2) is 6.23 Å². The summed E-state index contributed by atoms with van der Waals surface area (Å²) in [6.07, 6.45) is -1.41. The van der Waals surface area contributed by atoms with Crippen LogP contribution in [0.25, 0.3) is 0 Å². The second kappa shape index (κ2) is 4.35. The van der Waals surface area contributed by atoms with E-state index in [4.69, 9.17) is 4.74 Å². The first-order valence-electron chi connectivity index (χ1n) is 4.90. The summed E-state index contributed by atoms with van der Waals surface area (Å²) in [4.78, 5) is 23.6. The van der Waals surface area contributed by atoms with E-state index in [0.717, 1.165) is 10.8 Å². The molecule has 0 bridgehead atoms. The monoisotopic (exact) mass is 308 g/mol. The van der Waals surface area contributed by atoms with Crippen molar-refractivity contribution in [3.05, 3.63) is 32.9 Å². The van der Waals surface area contributed by atoms with Crippen LogP contribution in [0.15, 0.2) is 15.8 Å². The third-order valence-electron chi connectivity index (χ3n) is 2.63. The van der Waals surface area contributed by atoms with Crippen molar-refractivity contribution in [2.45, 2.75) is 30.2 Å². The number of nitrogens with zero attached hydrogens (tertiary/aromatic N) is 1. The quantitative estimate of drug-likeness (QED) is 0.699. The number of ether oxygens (including phenoxy) is 1. The maximum Gasteiger partial charge on any atom is 0.330 e. The summed E-state index contributed by atoms with van der Waals surface area (Å²) in [6, 6.07) is 0. The molecule has 0 saturated carbocycles. The first kappa shape index (κ1) is 12.5. The molecule has 2 heterocycles. The summed E-state index contributed by atoms with van der Waals surface area (Å²) in [6.45, 7) is 1.63. The van der Waals surface area contributed by atoms with E-state index < -0.39 is 40.3 Å². The second-order valence-electron chi connectivity index (χ2n) is 3.81. The number of aliphatic hydroxyl groups is 1. The van der Waals surface area contributed by atoms with Crippen molar-refractivity contribution >= 4 is 15.9 Å². The zero-order valence-corrected chi connectivity index (χ0v) is 10.3. The van der Waals surface area contributed by atoms with Gasteiger partial charge in [0.1, 0.15) is 0 Å². The zero-order chi connectivity index (χ0) is 12.7. The first-order chi connectivity index (χ1) is 7.91. The molecule has 1 saturated heterocycles. The van der Waals surface area contributed by atoms with E-state index in [1.165, 1.54) is 0 Å². The van der Waals surface area contributed by atoms with Crippen molar-refractivity contribution in [3.8, 4) is 0 Å². The summed E-state index contributed by atoms with van der Waals surface area (Å²) < 4.78 is 19.3. The van der Waals surface area contributed by atoms with Crippen LogP contribution in [0.1, 0.15) is 13.2 Å². The van der Waals surface area contributed by atoms with Gasteiger partial charge >= 0.3 is 5.69 Å². The molecule has 1 aliphatic heterocycles. The van der Waals surface area contributed by atoms with Gasteiger partial charge in [0, 0.05) is 0 Å². The lowest BCUT2D eigenvalue weighted by molar-refractivity contribution is -0.0100. The molecule has 94 valence electrons. The van der Waals surface area contributed by atoms with Gasteiger partial charge in [-0.1, -0.05) is 15.9 Å². The minimum Gasteiger partial charge on any atom is -0.389 e. The summed E-state index contributed by atoms with van der Waals surface area (Å²) >= 11 is 3.18. The van der Waals surface area contributed by atoms with E-state index >= 15 is 0 Å². The van der Waals surface area contributed by atoms with E-state index in [1.54, 1.807) is 6.92 Å². The molecule has 0 aromatic carbocycles. The number of alkyl halides is 1. The highest BCUT2D eigenvalue weighted by Crippen LogP contribution is 2.33. The molecule has 0 amide bonds. The number of H-pyrrole nitrogens is 1. The van der Waals surface area contributed by atoms with E-state index in [2.05, 4.69) is 15.9 Å². The highest BCUT2D eigenvalue weighted by molar-refractivity contribution is 9.09. The van der Waals surface area contributed by atoms with Crippen LogP contribution in [-0.2, 0) is 4.74 Å². The summed E-state index contributed by atoms with van der Waals surface area (Å²) in [7, 11) is 0. The molecule has 0 spiro atoms. The lowest BCUT2D eigenvalue weighted by Crippen LogP contribution is -2.36. The lowest BCUT2D eigenvalue weighted by Gasteiger charge is -2.16. The molecular weight excluding hydrogens is 299 g/mol. The van der Waals surface area contributed by atoms with Crippen molar-refractivity contribution in [3.63, 3.8) is 0 Å². The molecular formula is C9H10BrFN2O4. The van der Waals surface area contributed by atoms with Crippen LogP contribution in [0.5, 0.6) is 0 Å². The predicted octanol–water partition coefficient (Wildman–Crippen LogP) is -0.283. The Morgan fingerprint density at radius 1 is 1.59 bits per heavy atom. The van der Waals surface area contributed by atoms with Gasteiger partial charge in [-0.2, -0.15) is 4.39 Å². The Hall–Kier alpha value is -0.990. The Morgan fingerprint density at radius 2 is 2.24 bits per heavy atom. The number of rotatable bonds is 1. The molecule has 1 aromatic rings. The van der Waals surface area contributed by atoms with Crippen LogP contribution in [0.3, 0.4) is 0 Å². The van der Waals surface area contributed by atoms with Crippen LogP contribution < -0.4 is 11.2 Å². The van der Waals surface area contributed by atoms with E-state index in [1.807, 2.05) is 4.98 Å². The minimum absolute atomic E-state index is 0.494. The fraction of sp³-hybridized carbons (Fsp3) is 0.556. The fourth-order valence-corrected chi connectivity index (χ4v) is 2.48. The molecule has 1 aliphatic rings. The molecule has 17 heavy (non-hydrogen) atoms. The lowest BCUT2D eigenvalue weighted by atomic mass is 10.2. The van der Waals surface area contributed by atoms with Gasteiger partial charge in [0.05, 0.1) is 23.2 Å². The third-order valence-corrected chi connectivity index (χ3v) is 3.63. The van der Waals surface area contributed by atoms with E-state index in [-0.39, 0.29) is 0 Å². The van der Waals surface area contributed by atoms with E-state index in [0.29, 0.717) is 0 Å². The van der Waals surface area contributed by atoms with Crippen LogP contribution in [-0.4, -0.2) is 31.7 Å². The topological polar surface area (TPSA) is 84.3 Å². The van der Waals surface area contributed by atoms with Gasteiger partial charge in [0.25, 0.3) is 5.56 Å². The Balaban J connectivity index is 2.46. The highest BCUT2D eigenvalue weighted by atomic mass is 79.9. The molecule has 4 atom stereocenters. The predicted molar refractivity (Wildman–Crippen MR) is 59.6 cm³/mol. The molecule has 0 radical (unpaired) electrons. The van der Waals surface area contributed by atoms with Crippen molar-refractivity contribution in [1.82, 2.24) is 9.55 Å². The molecule has 8 heteroatoms. The van der Waals surface area contributed by atoms with Gasteiger partial charge in [-0.05, 0) is 6.92 Å². The first-order valence-corrected chi connectivity index (χ1v) is 5.82. The Labute approximate surface area is 103 Å². The maximum absolute atomic E-state index is 13.1. The average Bonchev–Trinajstić information content (AvgIpc) is 2.51. The molecule has 6 nitrogen and oxygen atoms in total. The smallest absolute Gasteiger partial charge is 0.330 e. The van der Waals surface area contributed by atoms with Gasteiger partial charge < -0.3 is 9.84 Å².